The average Bonchev–Trinajstić information content (AvgIpc) is 3.01. The minimum Gasteiger partial charge on any atom is -0.452 e. The Kier molecular flexibility index (Phi) is 7.30. The standard InChI is InChI=1S/C24H27N3O5S2/c1-16-12-17(2)22-20(13-16)33-24(26-22)25-21(28)15-32-23(29)18-8-7-9-19(14-18)34(30,31)27-10-5-3-4-6-11-27/h7-9,12-14H,3-6,10-11,15H2,1-2H3,(H,25,26,28). The Morgan fingerprint density at radius 2 is 1.82 bits per heavy atom. The first-order valence-electron chi connectivity index (χ1n) is 11.2. The summed E-state index contributed by atoms with van der Waals surface area (Å²) in [6.45, 7) is 4.40. The number of thiazole rings is 1. The third-order valence-corrected chi connectivity index (χ3v) is 8.50. The lowest BCUT2D eigenvalue weighted by atomic mass is 10.1. The minimum absolute atomic E-state index is 0.0495. The number of hydrogen-bond acceptors (Lipinski definition) is 7. The first-order chi connectivity index (χ1) is 16.2. The Bertz CT molecular complexity index is 1330. The molecule has 0 atom stereocenters. The normalized spacial score (nSPS) is 15.1. The van der Waals surface area contributed by atoms with Crippen LogP contribution in [0.25, 0.3) is 10.2 Å². The molecule has 1 amide bonds. The number of fused-ring (bicyclic) bond motifs is 1. The van der Waals surface area contributed by atoms with Crippen LogP contribution >= 0.6 is 11.3 Å². The van der Waals surface area contributed by atoms with Crippen LogP contribution in [0.1, 0.15) is 47.2 Å². The number of rotatable bonds is 6. The van der Waals surface area contributed by atoms with Crippen molar-refractivity contribution in [1.82, 2.24) is 9.29 Å². The Hall–Kier alpha value is -2.82. The van der Waals surface area contributed by atoms with Gasteiger partial charge in [0.15, 0.2) is 11.7 Å². The van der Waals surface area contributed by atoms with Crippen LogP contribution in [0.5, 0.6) is 0 Å². The van der Waals surface area contributed by atoms with E-state index in [2.05, 4.69) is 10.3 Å². The molecule has 1 N–H and O–H groups in total. The summed E-state index contributed by atoms with van der Waals surface area (Å²) >= 11 is 1.35. The Labute approximate surface area is 203 Å². The van der Waals surface area contributed by atoms with Crippen molar-refractivity contribution in [3.63, 3.8) is 0 Å². The van der Waals surface area contributed by atoms with E-state index in [0.29, 0.717) is 18.2 Å². The maximum Gasteiger partial charge on any atom is 0.338 e. The van der Waals surface area contributed by atoms with E-state index in [1.54, 1.807) is 0 Å². The maximum absolute atomic E-state index is 13.0. The molecule has 1 aromatic heterocycles. The van der Waals surface area contributed by atoms with Crippen LogP contribution in [-0.4, -0.2) is 49.3 Å². The summed E-state index contributed by atoms with van der Waals surface area (Å²) in [5.74, 6) is -1.28. The molecule has 0 aliphatic carbocycles. The highest BCUT2D eigenvalue weighted by atomic mass is 32.2. The lowest BCUT2D eigenvalue weighted by Gasteiger charge is -2.20. The van der Waals surface area contributed by atoms with E-state index in [1.165, 1.54) is 39.9 Å². The molecule has 1 aliphatic rings. The van der Waals surface area contributed by atoms with Crippen LogP contribution in [0.4, 0.5) is 5.13 Å². The number of aromatic nitrogens is 1. The van der Waals surface area contributed by atoms with E-state index in [0.717, 1.165) is 47.0 Å². The van der Waals surface area contributed by atoms with E-state index in [4.69, 9.17) is 4.74 Å². The highest BCUT2D eigenvalue weighted by Crippen LogP contribution is 2.29. The number of carbonyl (C=O) groups excluding carboxylic acids is 2. The van der Waals surface area contributed by atoms with Gasteiger partial charge < -0.3 is 4.74 Å². The monoisotopic (exact) mass is 501 g/mol. The summed E-state index contributed by atoms with van der Waals surface area (Å²) in [6.07, 6.45) is 3.67. The zero-order chi connectivity index (χ0) is 24.3. The number of carbonyl (C=O) groups is 2. The molecule has 0 spiro atoms. The quantitative estimate of drug-likeness (QED) is 0.506. The predicted molar refractivity (Wildman–Crippen MR) is 132 cm³/mol. The first kappa shape index (κ1) is 24.3. The van der Waals surface area contributed by atoms with Crippen molar-refractivity contribution >= 4 is 48.6 Å². The zero-order valence-corrected chi connectivity index (χ0v) is 20.8. The van der Waals surface area contributed by atoms with Gasteiger partial charge in [-0.2, -0.15) is 4.31 Å². The molecular formula is C24H27N3O5S2. The van der Waals surface area contributed by atoms with Crippen molar-refractivity contribution in [3.8, 4) is 0 Å². The third-order valence-electron chi connectivity index (χ3n) is 5.68. The van der Waals surface area contributed by atoms with Crippen molar-refractivity contribution in [1.29, 1.82) is 0 Å². The summed E-state index contributed by atoms with van der Waals surface area (Å²) in [5.41, 5.74) is 3.04. The van der Waals surface area contributed by atoms with Gasteiger partial charge in [0.25, 0.3) is 5.91 Å². The van der Waals surface area contributed by atoms with E-state index >= 15 is 0 Å². The van der Waals surface area contributed by atoms with Gasteiger partial charge >= 0.3 is 5.97 Å². The van der Waals surface area contributed by atoms with E-state index < -0.39 is 28.5 Å². The summed E-state index contributed by atoms with van der Waals surface area (Å²) < 4.78 is 33.6. The lowest BCUT2D eigenvalue weighted by Crippen LogP contribution is -2.32. The molecule has 0 saturated carbocycles. The second kappa shape index (κ2) is 10.2. The fraction of sp³-hybridized carbons (Fsp3) is 0.375. The Morgan fingerprint density at radius 3 is 2.56 bits per heavy atom. The molecule has 0 bridgehead atoms. The molecule has 8 nitrogen and oxygen atoms in total. The molecule has 2 aromatic carbocycles. The molecule has 1 saturated heterocycles. The number of sulfonamides is 1. The molecule has 1 fully saturated rings. The highest BCUT2D eigenvalue weighted by molar-refractivity contribution is 7.89. The number of hydrogen-bond donors (Lipinski definition) is 1. The number of aryl methyl sites for hydroxylation is 2. The van der Waals surface area contributed by atoms with Gasteiger partial charge in [-0.15, -0.1) is 0 Å². The fourth-order valence-corrected chi connectivity index (χ4v) is 6.63. The van der Waals surface area contributed by atoms with Crippen LogP contribution in [0.3, 0.4) is 0 Å². The molecule has 3 aromatic rings. The zero-order valence-electron chi connectivity index (χ0n) is 19.2. The summed E-state index contributed by atoms with van der Waals surface area (Å²) in [5, 5.41) is 3.08. The molecule has 0 unspecified atom stereocenters. The molecule has 2 heterocycles. The van der Waals surface area contributed by atoms with E-state index in [1.807, 2.05) is 26.0 Å². The fourth-order valence-electron chi connectivity index (χ4n) is 4.01. The van der Waals surface area contributed by atoms with Gasteiger partial charge in [-0.3, -0.25) is 10.1 Å². The van der Waals surface area contributed by atoms with Crippen LogP contribution < -0.4 is 5.32 Å². The number of ether oxygens (including phenoxy) is 1. The smallest absolute Gasteiger partial charge is 0.338 e. The largest absolute Gasteiger partial charge is 0.452 e. The van der Waals surface area contributed by atoms with Gasteiger partial charge in [-0.25, -0.2) is 18.2 Å². The van der Waals surface area contributed by atoms with Crippen molar-refractivity contribution < 1.29 is 22.7 Å². The summed E-state index contributed by atoms with van der Waals surface area (Å²) in [4.78, 5) is 29.3. The van der Waals surface area contributed by atoms with Gasteiger partial charge in [0, 0.05) is 13.1 Å². The number of nitrogens with one attached hydrogen (secondary N) is 1. The molecule has 0 radical (unpaired) electrons. The number of esters is 1. The maximum atomic E-state index is 13.0. The number of benzene rings is 2. The SMILES string of the molecule is Cc1cc(C)c2nc(NC(=O)COC(=O)c3cccc(S(=O)(=O)N4CCCCCC4)c3)sc2c1. The van der Waals surface area contributed by atoms with Gasteiger partial charge in [-0.1, -0.05) is 36.3 Å². The number of anilines is 1. The van der Waals surface area contributed by atoms with Crippen molar-refractivity contribution in [3.05, 3.63) is 53.1 Å². The van der Waals surface area contributed by atoms with Gasteiger partial charge in [0.2, 0.25) is 10.0 Å². The van der Waals surface area contributed by atoms with Crippen molar-refractivity contribution in [2.75, 3.05) is 25.0 Å². The van der Waals surface area contributed by atoms with Crippen LogP contribution in [-0.2, 0) is 19.6 Å². The van der Waals surface area contributed by atoms with Crippen molar-refractivity contribution in [2.24, 2.45) is 0 Å². The topological polar surface area (TPSA) is 106 Å². The molecule has 34 heavy (non-hydrogen) atoms. The van der Waals surface area contributed by atoms with Gasteiger partial charge in [0.05, 0.1) is 20.7 Å². The summed E-state index contributed by atoms with van der Waals surface area (Å²) in [7, 11) is -3.69. The van der Waals surface area contributed by atoms with Gasteiger partial charge in [-0.05, 0) is 62.1 Å². The van der Waals surface area contributed by atoms with Crippen LogP contribution in [0.2, 0.25) is 0 Å². The Morgan fingerprint density at radius 1 is 1.09 bits per heavy atom. The first-order valence-corrected chi connectivity index (χ1v) is 13.4. The third kappa shape index (κ3) is 5.45. The molecule has 10 heteroatoms. The van der Waals surface area contributed by atoms with E-state index in [9.17, 15) is 18.0 Å². The molecular weight excluding hydrogens is 474 g/mol. The second-order valence-electron chi connectivity index (χ2n) is 8.42. The molecule has 4 rings (SSSR count). The van der Waals surface area contributed by atoms with Crippen LogP contribution in [0.15, 0.2) is 41.3 Å². The lowest BCUT2D eigenvalue weighted by molar-refractivity contribution is -0.119. The van der Waals surface area contributed by atoms with Gasteiger partial charge in [0.1, 0.15) is 0 Å². The molecule has 1 aliphatic heterocycles. The highest BCUT2D eigenvalue weighted by Gasteiger charge is 2.26. The minimum atomic E-state index is -3.69. The second-order valence-corrected chi connectivity index (χ2v) is 11.4. The average molecular weight is 502 g/mol. The van der Waals surface area contributed by atoms with Crippen molar-refractivity contribution in [2.45, 2.75) is 44.4 Å². The predicted octanol–water partition coefficient (Wildman–Crippen LogP) is 4.27. The number of nitrogens with zero attached hydrogens (tertiary/aromatic N) is 2. The summed E-state index contributed by atoms with van der Waals surface area (Å²) in [6, 6.07) is 9.78. The molecule has 180 valence electrons. The van der Waals surface area contributed by atoms with E-state index in [-0.39, 0.29) is 10.5 Å². The van der Waals surface area contributed by atoms with Crippen LogP contribution in [0, 0.1) is 13.8 Å². The number of amides is 1. The Balaban J connectivity index is 1.39.